The van der Waals surface area contributed by atoms with Gasteiger partial charge in [0.25, 0.3) is 0 Å². The molecule has 0 aromatic rings. The Morgan fingerprint density at radius 3 is 2.80 bits per heavy atom. The minimum Gasteiger partial charge on any atom is -0.290 e. The standard InChI is InChI=1S/C9H14O/c1-3-5-6-7-8-9(10)4-2/h4,7-8H,2-3,5-6H2,1H3. The molecule has 0 aliphatic carbocycles. The lowest BCUT2D eigenvalue weighted by Crippen LogP contribution is -1.82. The molecule has 0 aliphatic heterocycles. The summed E-state index contributed by atoms with van der Waals surface area (Å²) in [5.74, 6) is -0.00361. The van der Waals surface area contributed by atoms with Crippen molar-refractivity contribution in [2.45, 2.75) is 26.2 Å². The van der Waals surface area contributed by atoms with Crippen LogP contribution >= 0.6 is 0 Å². The second-order valence-electron chi connectivity index (χ2n) is 2.15. The van der Waals surface area contributed by atoms with E-state index >= 15 is 0 Å². The summed E-state index contributed by atoms with van der Waals surface area (Å²) in [6.07, 6.45) is 8.11. The second-order valence-corrected chi connectivity index (χ2v) is 2.15. The fourth-order valence-corrected chi connectivity index (χ4v) is 0.590. The molecule has 0 heterocycles. The van der Waals surface area contributed by atoms with Crippen LogP contribution in [0.5, 0.6) is 0 Å². The number of ketones is 1. The van der Waals surface area contributed by atoms with Crippen molar-refractivity contribution < 1.29 is 4.79 Å². The summed E-state index contributed by atoms with van der Waals surface area (Å²) in [7, 11) is 0. The third-order valence-corrected chi connectivity index (χ3v) is 1.21. The average Bonchev–Trinajstić information content (AvgIpc) is 1.98. The molecule has 0 atom stereocenters. The highest BCUT2D eigenvalue weighted by Gasteiger charge is 1.83. The number of rotatable bonds is 5. The SMILES string of the molecule is C=CC(=O)C=CCCCC. The maximum Gasteiger partial charge on any atom is 0.177 e. The van der Waals surface area contributed by atoms with Gasteiger partial charge >= 0.3 is 0 Å². The second kappa shape index (κ2) is 6.27. The van der Waals surface area contributed by atoms with Gasteiger partial charge in [0.05, 0.1) is 0 Å². The molecule has 0 bridgehead atoms. The largest absolute Gasteiger partial charge is 0.290 e. The Balaban J connectivity index is 3.36. The molecule has 0 N–H and O–H groups in total. The fraction of sp³-hybridized carbons (Fsp3) is 0.444. The Morgan fingerprint density at radius 1 is 1.60 bits per heavy atom. The topological polar surface area (TPSA) is 17.1 Å². The van der Waals surface area contributed by atoms with E-state index < -0.39 is 0 Å². The lowest BCUT2D eigenvalue weighted by molar-refractivity contribution is -0.110. The quantitative estimate of drug-likeness (QED) is 0.421. The third-order valence-electron chi connectivity index (χ3n) is 1.21. The first-order chi connectivity index (χ1) is 4.81. The number of carbonyl (C=O) groups is 1. The number of unbranched alkanes of at least 4 members (excludes halogenated alkanes) is 2. The monoisotopic (exact) mass is 138 g/mol. The molecular formula is C9H14O. The van der Waals surface area contributed by atoms with Crippen LogP contribution in [0.4, 0.5) is 0 Å². The van der Waals surface area contributed by atoms with Crippen LogP contribution in [0.25, 0.3) is 0 Å². The lowest BCUT2D eigenvalue weighted by atomic mass is 10.2. The van der Waals surface area contributed by atoms with Gasteiger partial charge in [-0.2, -0.15) is 0 Å². The first kappa shape index (κ1) is 9.15. The zero-order chi connectivity index (χ0) is 7.82. The molecule has 10 heavy (non-hydrogen) atoms. The van der Waals surface area contributed by atoms with Crippen molar-refractivity contribution in [3.05, 3.63) is 24.8 Å². The molecule has 56 valence electrons. The van der Waals surface area contributed by atoms with Gasteiger partial charge in [0.15, 0.2) is 5.78 Å². The van der Waals surface area contributed by atoms with Crippen LogP contribution in [-0.4, -0.2) is 5.78 Å². The van der Waals surface area contributed by atoms with Crippen molar-refractivity contribution >= 4 is 5.78 Å². The molecule has 0 spiro atoms. The Bertz CT molecular complexity index is 134. The van der Waals surface area contributed by atoms with E-state index in [1.54, 1.807) is 6.08 Å². The summed E-state index contributed by atoms with van der Waals surface area (Å²) in [6.45, 7) is 5.49. The van der Waals surface area contributed by atoms with Crippen LogP contribution < -0.4 is 0 Å². The molecule has 0 radical (unpaired) electrons. The molecule has 0 unspecified atom stereocenters. The van der Waals surface area contributed by atoms with Crippen LogP contribution in [0.2, 0.25) is 0 Å². The zero-order valence-corrected chi connectivity index (χ0v) is 6.47. The molecule has 1 nitrogen and oxygen atoms in total. The summed E-state index contributed by atoms with van der Waals surface area (Å²) in [6, 6.07) is 0. The van der Waals surface area contributed by atoms with Gasteiger partial charge < -0.3 is 0 Å². The summed E-state index contributed by atoms with van der Waals surface area (Å²) < 4.78 is 0. The van der Waals surface area contributed by atoms with E-state index in [-0.39, 0.29) is 5.78 Å². The van der Waals surface area contributed by atoms with Gasteiger partial charge in [-0.15, -0.1) is 0 Å². The summed E-state index contributed by atoms with van der Waals surface area (Å²) >= 11 is 0. The maximum atomic E-state index is 10.6. The smallest absolute Gasteiger partial charge is 0.177 e. The minimum absolute atomic E-state index is 0.00361. The van der Waals surface area contributed by atoms with Crippen LogP contribution in [0.3, 0.4) is 0 Å². The highest BCUT2D eigenvalue weighted by Crippen LogP contribution is 1.94. The van der Waals surface area contributed by atoms with Gasteiger partial charge in [0.1, 0.15) is 0 Å². The van der Waals surface area contributed by atoms with Crippen LogP contribution in [0.15, 0.2) is 24.8 Å². The zero-order valence-electron chi connectivity index (χ0n) is 6.47. The minimum atomic E-state index is -0.00361. The van der Waals surface area contributed by atoms with E-state index in [0.717, 1.165) is 12.8 Å². The van der Waals surface area contributed by atoms with Crippen molar-refractivity contribution in [2.75, 3.05) is 0 Å². The molecule has 0 aliphatic rings. The van der Waals surface area contributed by atoms with Gasteiger partial charge in [-0.3, -0.25) is 4.79 Å². The summed E-state index contributed by atoms with van der Waals surface area (Å²) in [5, 5.41) is 0. The Kier molecular flexibility index (Phi) is 5.74. The molecule has 0 fully saturated rings. The van der Waals surface area contributed by atoms with Gasteiger partial charge in [-0.25, -0.2) is 0 Å². The number of hydrogen-bond acceptors (Lipinski definition) is 1. The van der Waals surface area contributed by atoms with E-state index in [0.29, 0.717) is 0 Å². The van der Waals surface area contributed by atoms with Crippen molar-refractivity contribution in [1.29, 1.82) is 0 Å². The average molecular weight is 138 g/mol. The van der Waals surface area contributed by atoms with E-state index in [1.165, 1.54) is 12.5 Å². The summed E-state index contributed by atoms with van der Waals surface area (Å²) in [5.41, 5.74) is 0. The predicted molar refractivity (Wildman–Crippen MR) is 43.9 cm³/mol. The predicted octanol–water partition coefficient (Wildman–Crippen LogP) is 2.49. The van der Waals surface area contributed by atoms with E-state index in [4.69, 9.17) is 0 Å². The van der Waals surface area contributed by atoms with Gasteiger partial charge in [-0.1, -0.05) is 32.4 Å². The van der Waals surface area contributed by atoms with E-state index in [2.05, 4.69) is 13.5 Å². The summed E-state index contributed by atoms with van der Waals surface area (Å²) in [4.78, 5) is 10.6. The van der Waals surface area contributed by atoms with Gasteiger partial charge in [-0.05, 0) is 18.6 Å². The molecule has 0 aromatic heterocycles. The van der Waals surface area contributed by atoms with Crippen molar-refractivity contribution in [2.24, 2.45) is 0 Å². The van der Waals surface area contributed by atoms with Crippen LogP contribution in [0.1, 0.15) is 26.2 Å². The highest BCUT2D eigenvalue weighted by molar-refractivity contribution is 5.98. The fourth-order valence-electron chi connectivity index (χ4n) is 0.590. The first-order valence-corrected chi connectivity index (χ1v) is 3.64. The van der Waals surface area contributed by atoms with E-state index in [1.807, 2.05) is 6.08 Å². The number of hydrogen-bond donors (Lipinski definition) is 0. The molecule has 0 saturated carbocycles. The molecule has 0 amide bonds. The number of allylic oxidation sites excluding steroid dienone is 3. The first-order valence-electron chi connectivity index (χ1n) is 3.64. The third kappa shape index (κ3) is 5.29. The lowest BCUT2D eigenvalue weighted by Gasteiger charge is -1.85. The molecule has 0 rings (SSSR count). The van der Waals surface area contributed by atoms with Crippen molar-refractivity contribution in [1.82, 2.24) is 0 Å². The highest BCUT2D eigenvalue weighted by atomic mass is 16.1. The molecular weight excluding hydrogens is 124 g/mol. The van der Waals surface area contributed by atoms with Crippen LogP contribution in [-0.2, 0) is 4.79 Å². The molecule has 0 aromatic carbocycles. The van der Waals surface area contributed by atoms with Crippen molar-refractivity contribution in [3.63, 3.8) is 0 Å². The molecule has 1 heteroatoms. The normalized spacial score (nSPS) is 10.1. The maximum absolute atomic E-state index is 10.6. The van der Waals surface area contributed by atoms with Crippen LogP contribution in [0, 0.1) is 0 Å². The Labute approximate surface area is 62.4 Å². The van der Waals surface area contributed by atoms with Crippen molar-refractivity contribution in [3.8, 4) is 0 Å². The van der Waals surface area contributed by atoms with Gasteiger partial charge in [0, 0.05) is 0 Å². The number of carbonyl (C=O) groups excluding carboxylic acids is 1. The van der Waals surface area contributed by atoms with Gasteiger partial charge in [0.2, 0.25) is 0 Å². The van der Waals surface area contributed by atoms with E-state index in [9.17, 15) is 4.79 Å². The Morgan fingerprint density at radius 2 is 2.30 bits per heavy atom. The molecule has 0 saturated heterocycles. The Hall–Kier alpha value is -0.850.